The van der Waals surface area contributed by atoms with E-state index in [1.807, 2.05) is 4.68 Å². The second-order valence-corrected chi connectivity index (χ2v) is 5.53. The SMILES string of the molecule is O=C(c1ccncc1Cl)N1CCC(n2cc(Cl)cn2)C1. The van der Waals surface area contributed by atoms with Crippen LogP contribution in [0.4, 0.5) is 0 Å². The molecule has 0 aliphatic carbocycles. The number of likely N-dealkylation sites (tertiary alicyclic amines) is 1. The summed E-state index contributed by atoms with van der Waals surface area (Å²) in [4.78, 5) is 18.1. The minimum Gasteiger partial charge on any atom is -0.336 e. The van der Waals surface area contributed by atoms with Crippen molar-refractivity contribution in [2.45, 2.75) is 12.5 Å². The summed E-state index contributed by atoms with van der Waals surface area (Å²) in [6, 6.07) is 1.80. The van der Waals surface area contributed by atoms with Crippen LogP contribution in [0.2, 0.25) is 10.0 Å². The summed E-state index contributed by atoms with van der Waals surface area (Å²) in [6.07, 6.45) is 7.29. The van der Waals surface area contributed by atoms with E-state index in [2.05, 4.69) is 10.1 Å². The zero-order valence-corrected chi connectivity index (χ0v) is 12.1. The summed E-state index contributed by atoms with van der Waals surface area (Å²) < 4.78 is 1.81. The molecule has 3 rings (SSSR count). The van der Waals surface area contributed by atoms with Crippen molar-refractivity contribution in [3.05, 3.63) is 46.5 Å². The number of carbonyl (C=O) groups is 1. The molecule has 5 nitrogen and oxygen atoms in total. The lowest BCUT2D eigenvalue weighted by molar-refractivity contribution is 0.0787. The Morgan fingerprint density at radius 3 is 2.90 bits per heavy atom. The summed E-state index contributed by atoms with van der Waals surface area (Å²) in [7, 11) is 0. The van der Waals surface area contributed by atoms with Gasteiger partial charge in [-0.1, -0.05) is 23.2 Å². The molecular weight excluding hydrogens is 299 g/mol. The van der Waals surface area contributed by atoms with E-state index >= 15 is 0 Å². The zero-order valence-electron chi connectivity index (χ0n) is 10.5. The predicted octanol–water partition coefficient (Wildman–Crippen LogP) is 2.67. The third-order valence-electron chi connectivity index (χ3n) is 3.40. The number of hydrogen-bond donors (Lipinski definition) is 0. The predicted molar refractivity (Wildman–Crippen MR) is 76.0 cm³/mol. The Labute approximate surface area is 126 Å². The molecule has 3 heterocycles. The highest BCUT2D eigenvalue weighted by molar-refractivity contribution is 6.33. The van der Waals surface area contributed by atoms with Gasteiger partial charge in [0.15, 0.2) is 0 Å². The van der Waals surface area contributed by atoms with Gasteiger partial charge in [-0.05, 0) is 12.5 Å². The van der Waals surface area contributed by atoms with Crippen molar-refractivity contribution >= 4 is 29.1 Å². The number of halogens is 2. The zero-order chi connectivity index (χ0) is 14.1. The quantitative estimate of drug-likeness (QED) is 0.857. The van der Waals surface area contributed by atoms with Crippen LogP contribution in [0.25, 0.3) is 0 Å². The first-order chi connectivity index (χ1) is 9.65. The van der Waals surface area contributed by atoms with E-state index in [0.717, 1.165) is 6.42 Å². The number of amides is 1. The van der Waals surface area contributed by atoms with Gasteiger partial charge in [0.2, 0.25) is 0 Å². The minimum absolute atomic E-state index is 0.0712. The third kappa shape index (κ3) is 2.51. The summed E-state index contributed by atoms with van der Waals surface area (Å²) in [5, 5.41) is 5.17. The Balaban J connectivity index is 1.74. The maximum atomic E-state index is 12.4. The number of pyridine rings is 1. The van der Waals surface area contributed by atoms with Gasteiger partial charge >= 0.3 is 0 Å². The molecule has 1 aliphatic heterocycles. The molecule has 1 atom stereocenters. The molecule has 1 saturated heterocycles. The van der Waals surface area contributed by atoms with Gasteiger partial charge in [0.1, 0.15) is 0 Å². The molecule has 0 aromatic carbocycles. The lowest BCUT2D eigenvalue weighted by Gasteiger charge is -2.17. The second kappa shape index (κ2) is 5.42. The normalized spacial score (nSPS) is 18.5. The van der Waals surface area contributed by atoms with E-state index in [1.165, 1.54) is 6.20 Å². The van der Waals surface area contributed by atoms with Crippen molar-refractivity contribution in [1.82, 2.24) is 19.7 Å². The maximum absolute atomic E-state index is 12.4. The number of carbonyl (C=O) groups excluding carboxylic acids is 1. The highest BCUT2D eigenvalue weighted by Gasteiger charge is 2.29. The fourth-order valence-corrected chi connectivity index (χ4v) is 2.72. The highest BCUT2D eigenvalue weighted by atomic mass is 35.5. The molecule has 20 heavy (non-hydrogen) atoms. The van der Waals surface area contributed by atoms with Gasteiger partial charge in [-0.3, -0.25) is 14.5 Å². The molecule has 104 valence electrons. The Morgan fingerprint density at radius 2 is 2.20 bits per heavy atom. The summed E-state index contributed by atoms with van der Waals surface area (Å²) in [6.45, 7) is 1.29. The van der Waals surface area contributed by atoms with Crippen molar-refractivity contribution in [1.29, 1.82) is 0 Å². The van der Waals surface area contributed by atoms with Crippen LogP contribution in [-0.2, 0) is 0 Å². The molecule has 1 aliphatic rings. The van der Waals surface area contributed by atoms with E-state index < -0.39 is 0 Å². The van der Waals surface area contributed by atoms with Crippen LogP contribution in [0.3, 0.4) is 0 Å². The first-order valence-corrected chi connectivity index (χ1v) is 6.99. The fraction of sp³-hybridized carbons (Fsp3) is 0.308. The first-order valence-electron chi connectivity index (χ1n) is 6.23. The smallest absolute Gasteiger partial charge is 0.255 e. The standard InChI is InChI=1S/C13H12Cl2N4O/c14-9-5-17-19(7-9)10-2-4-18(8-10)13(20)11-1-3-16-6-12(11)15/h1,3,5-7,10H,2,4,8H2. The summed E-state index contributed by atoms with van der Waals surface area (Å²) in [5.41, 5.74) is 0.487. The largest absolute Gasteiger partial charge is 0.336 e. The molecular formula is C13H12Cl2N4O. The van der Waals surface area contributed by atoms with E-state index in [-0.39, 0.29) is 11.9 Å². The second-order valence-electron chi connectivity index (χ2n) is 4.69. The molecule has 2 aromatic heterocycles. The van der Waals surface area contributed by atoms with Gasteiger partial charge in [0.25, 0.3) is 5.91 Å². The van der Waals surface area contributed by atoms with Gasteiger partial charge < -0.3 is 4.90 Å². The van der Waals surface area contributed by atoms with Gasteiger partial charge in [0, 0.05) is 31.7 Å². The Kier molecular flexibility index (Phi) is 3.63. The van der Waals surface area contributed by atoms with Crippen molar-refractivity contribution in [3.63, 3.8) is 0 Å². The van der Waals surface area contributed by atoms with Crippen molar-refractivity contribution in [2.24, 2.45) is 0 Å². The molecule has 0 spiro atoms. The third-order valence-corrected chi connectivity index (χ3v) is 3.89. The number of rotatable bonds is 2. The van der Waals surface area contributed by atoms with Crippen LogP contribution < -0.4 is 0 Å². The van der Waals surface area contributed by atoms with E-state index in [0.29, 0.717) is 28.7 Å². The van der Waals surface area contributed by atoms with Crippen LogP contribution >= 0.6 is 23.2 Å². The summed E-state index contributed by atoms with van der Waals surface area (Å²) in [5.74, 6) is -0.0712. The topological polar surface area (TPSA) is 51.0 Å². The number of nitrogens with zero attached hydrogens (tertiary/aromatic N) is 4. The van der Waals surface area contributed by atoms with Gasteiger partial charge in [-0.2, -0.15) is 5.10 Å². The molecule has 0 radical (unpaired) electrons. The molecule has 0 N–H and O–H groups in total. The Morgan fingerprint density at radius 1 is 1.35 bits per heavy atom. The Bertz CT molecular complexity index is 643. The van der Waals surface area contributed by atoms with Gasteiger partial charge in [0.05, 0.1) is 27.8 Å². The molecule has 1 amide bonds. The van der Waals surface area contributed by atoms with Crippen LogP contribution in [0.5, 0.6) is 0 Å². The van der Waals surface area contributed by atoms with Crippen molar-refractivity contribution < 1.29 is 4.79 Å². The van der Waals surface area contributed by atoms with E-state index in [9.17, 15) is 4.79 Å². The molecule has 0 saturated carbocycles. The highest BCUT2D eigenvalue weighted by Crippen LogP contribution is 2.25. The molecule has 1 fully saturated rings. The van der Waals surface area contributed by atoms with E-state index in [1.54, 1.807) is 29.6 Å². The van der Waals surface area contributed by atoms with Crippen LogP contribution in [0.1, 0.15) is 22.8 Å². The van der Waals surface area contributed by atoms with Crippen molar-refractivity contribution in [3.8, 4) is 0 Å². The molecule has 1 unspecified atom stereocenters. The lowest BCUT2D eigenvalue weighted by atomic mass is 10.2. The summed E-state index contributed by atoms with van der Waals surface area (Å²) >= 11 is 11.9. The molecule has 2 aromatic rings. The first kappa shape index (κ1) is 13.4. The van der Waals surface area contributed by atoms with E-state index in [4.69, 9.17) is 23.2 Å². The molecule has 0 bridgehead atoms. The van der Waals surface area contributed by atoms with Crippen LogP contribution in [-0.4, -0.2) is 38.7 Å². The fourth-order valence-electron chi connectivity index (χ4n) is 2.38. The average molecular weight is 311 g/mol. The van der Waals surface area contributed by atoms with Crippen LogP contribution in [0.15, 0.2) is 30.9 Å². The van der Waals surface area contributed by atoms with Crippen molar-refractivity contribution in [2.75, 3.05) is 13.1 Å². The molecule has 7 heteroatoms. The van der Waals surface area contributed by atoms with Gasteiger partial charge in [-0.15, -0.1) is 0 Å². The number of hydrogen-bond acceptors (Lipinski definition) is 3. The average Bonchev–Trinajstić information content (AvgIpc) is 3.07. The Hall–Kier alpha value is -1.59. The lowest BCUT2D eigenvalue weighted by Crippen LogP contribution is -2.29. The minimum atomic E-state index is -0.0712. The number of aromatic nitrogens is 3. The van der Waals surface area contributed by atoms with Gasteiger partial charge in [-0.25, -0.2) is 0 Å². The monoisotopic (exact) mass is 310 g/mol. The maximum Gasteiger partial charge on any atom is 0.255 e. The van der Waals surface area contributed by atoms with Crippen LogP contribution in [0, 0.1) is 0 Å².